The van der Waals surface area contributed by atoms with Crippen LogP contribution in [0.5, 0.6) is 0 Å². The van der Waals surface area contributed by atoms with Crippen LogP contribution in [0.15, 0.2) is 60.7 Å². The number of hydrogen-bond acceptors (Lipinski definition) is 3. The third-order valence-corrected chi connectivity index (χ3v) is 4.29. The lowest BCUT2D eigenvalue weighted by atomic mass is 9.79. The van der Waals surface area contributed by atoms with E-state index in [2.05, 4.69) is 0 Å². The van der Waals surface area contributed by atoms with Crippen molar-refractivity contribution >= 4 is 5.97 Å². The summed E-state index contributed by atoms with van der Waals surface area (Å²) in [4.78, 5) is 11.3. The Hall–Kier alpha value is -2.17. The summed E-state index contributed by atoms with van der Waals surface area (Å²) in [6.07, 6.45) is -0.336. The molecule has 0 aliphatic carbocycles. The average molecular weight is 312 g/mol. The Bertz CT molecular complexity index is 641. The normalized spacial score (nSPS) is 23.7. The van der Waals surface area contributed by atoms with Gasteiger partial charge in [-0.1, -0.05) is 60.7 Å². The molecule has 0 bridgehead atoms. The molecule has 2 aromatic rings. The maximum atomic E-state index is 11.3. The number of rotatable bonds is 6. The fraction of sp³-hybridized carbons (Fsp3) is 0.316. The van der Waals surface area contributed by atoms with Crippen molar-refractivity contribution in [3.8, 4) is 0 Å². The first-order valence-electron chi connectivity index (χ1n) is 7.71. The van der Waals surface area contributed by atoms with Gasteiger partial charge in [-0.3, -0.25) is 0 Å². The molecule has 2 atom stereocenters. The molecule has 2 unspecified atom stereocenters. The summed E-state index contributed by atoms with van der Waals surface area (Å²) < 4.78 is 11.4. The molecule has 1 aliphatic heterocycles. The monoisotopic (exact) mass is 312 g/mol. The fourth-order valence-electron chi connectivity index (χ4n) is 3.01. The SMILES string of the molecule is O=C(O)C1CC(COCc2ccccc2)(c2ccccc2)CO1. The summed E-state index contributed by atoms with van der Waals surface area (Å²) in [6.45, 7) is 1.31. The molecule has 1 heterocycles. The molecule has 4 heteroatoms. The first-order valence-corrected chi connectivity index (χ1v) is 7.71. The zero-order chi connectivity index (χ0) is 16.1. The Labute approximate surface area is 135 Å². The Morgan fingerprint density at radius 3 is 2.39 bits per heavy atom. The molecule has 23 heavy (non-hydrogen) atoms. The molecule has 2 aromatic carbocycles. The highest BCUT2D eigenvalue weighted by molar-refractivity contribution is 5.73. The fourth-order valence-corrected chi connectivity index (χ4v) is 3.01. The zero-order valence-electron chi connectivity index (χ0n) is 12.9. The molecule has 120 valence electrons. The van der Waals surface area contributed by atoms with Gasteiger partial charge in [0.25, 0.3) is 0 Å². The van der Waals surface area contributed by atoms with Crippen molar-refractivity contribution in [2.24, 2.45) is 0 Å². The van der Waals surface area contributed by atoms with E-state index in [-0.39, 0.29) is 0 Å². The summed E-state index contributed by atoms with van der Waals surface area (Å²) in [7, 11) is 0. The molecule has 0 amide bonds. The summed E-state index contributed by atoms with van der Waals surface area (Å²) in [6, 6.07) is 19.9. The Morgan fingerprint density at radius 1 is 1.13 bits per heavy atom. The zero-order valence-corrected chi connectivity index (χ0v) is 12.9. The van der Waals surface area contributed by atoms with Crippen LogP contribution in [0.3, 0.4) is 0 Å². The highest BCUT2D eigenvalue weighted by Crippen LogP contribution is 2.37. The molecule has 1 N–H and O–H groups in total. The number of carboxylic acid groups (broad SMARTS) is 1. The number of benzene rings is 2. The van der Waals surface area contributed by atoms with E-state index in [0.717, 1.165) is 11.1 Å². The van der Waals surface area contributed by atoms with E-state index in [1.165, 1.54) is 0 Å². The summed E-state index contributed by atoms with van der Waals surface area (Å²) in [5.74, 6) is -0.911. The summed E-state index contributed by atoms with van der Waals surface area (Å²) in [5, 5.41) is 9.23. The van der Waals surface area contributed by atoms with Crippen LogP contribution in [0.2, 0.25) is 0 Å². The second-order valence-electron chi connectivity index (χ2n) is 5.97. The summed E-state index contributed by atoms with van der Waals surface area (Å²) >= 11 is 0. The molecule has 1 saturated heterocycles. The first kappa shape index (κ1) is 15.7. The Balaban J connectivity index is 1.73. The lowest BCUT2D eigenvalue weighted by Gasteiger charge is -2.28. The smallest absolute Gasteiger partial charge is 0.332 e. The van der Waals surface area contributed by atoms with Crippen LogP contribution in [0.4, 0.5) is 0 Å². The number of ether oxygens (including phenoxy) is 2. The van der Waals surface area contributed by atoms with E-state index in [1.807, 2.05) is 60.7 Å². The molecular formula is C19H20O4. The van der Waals surface area contributed by atoms with Crippen molar-refractivity contribution in [1.29, 1.82) is 0 Å². The first-order chi connectivity index (χ1) is 11.2. The maximum absolute atomic E-state index is 11.3. The molecule has 0 saturated carbocycles. The van der Waals surface area contributed by atoms with Gasteiger partial charge in [0.2, 0.25) is 0 Å². The van der Waals surface area contributed by atoms with Gasteiger partial charge in [-0.05, 0) is 17.5 Å². The minimum Gasteiger partial charge on any atom is -0.479 e. The number of aliphatic carboxylic acids is 1. The largest absolute Gasteiger partial charge is 0.479 e. The molecule has 0 spiro atoms. The van der Waals surface area contributed by atoms with E-state index >= 15 is 0 Å². The molecule has 4 nitrogen and oxygen atoms in total. The second kappa shape index (κ2) is 6.94. The van der Waals surface area contributed by atoms with Gasteiger partial charge in [-0.2, -0.15) is 0 Å². The Morgan fingerprint density at radius 2 is 1.78 bits per heavy atom. The van der Waals surface area contributed by atoms with E-state index in [9.17, 15) is 9.90 Å². The third kappa shape index (κ3) is 3.60. The van der Waals surface area contributed by atoms with Crippen LogP contribution in [-0.4, -0.2) is 30.4 Å². The van der Waals surface area contributed by atoms with Crippen LogP contribution in [0, 0.1) is 0 Å². The molecule has 1 fully saturated rings. The number of carbonyl (C=O) groups is 1. The van der Waals surface area contributed by atoms with Crippen LogP contribution >= 0.6 is 0 Å². The molecular weight excluding hydrogens is 292 g/mol. The molecule has 0 radical (unpaired) electrons. The topological polar surface area (TPSA) is 55.8 Å². The average Bonchev–Trinajstić information content (AvgIpc) is 3.03. The van der Waals surface area contributed by atoms with Gasteiger partial charge >= 0.3 is 5.97 Å². The van der Waals surface area contributed by atoms with Gasteiger partial charge in [0.1, 0.15) is 0 Å². The van der Waals surface area contributed by atoms with Crippen molar-refractivity contribution < 1.29 is 19.4 Å². The molecule has 0 aromatic heterocycles. The quantitative estimate of drug-likeness (QED) is 0.891. The third-order valence-electron chi connectivity index (χ3n) is 4.29. The highest BCUT2D eigenvalue weighted by atomic mass is 16.5. The number of carboxylic acids is 1. The van der Waals surface area contributed by atoms with Crippen molar-refractivity contribution in [2.45, 2.75) is 24.5 Å². The lowest BCUT2D eigenvalue weighted by Crippen LogP contribution is -2.33. The van der Waals surface area contributed by atoms with Gasteiger partial charge < -0.3 is 14.6 Å². The molecule has 1 aliphatic rings. The lowest BCUT2D eigenvalue weighted by molar-refractivity contribution is -0.147. The second-order valence-corrected chi connectivity index (χ2v) is 5.97. The Kier molecular flexibility index (Phi) is 4.74. The van der Waals surface area contributed by atoms with Gasteiger partial charge in [0, 0.05) is 5.41 Å². The van der Waals surface area contributed by atoms with Gasteiger partial charge in [-0.25, -0.2) is 4.79 Å². The van der Waals surface area contributed by atoms with E-state index in [0.29, 0.717) is 26.2 Å². The minimum absolute atomic E-state index is 0.364. The van der Waals surface area contributed by atoms with Crippen LogP contribution in [0.1, 0.15) is 17.5 Å². The van der Waals surface area contributed by atoms with Gasteiger partial charge in [0.15, 0.2) is 6.10 Å². The van der Waals surface area contributed by atoms with Crippen molar-refractivity contribution in [3.63, 3.8) is 0 Å². The van der Waals surface area contributed by atoms with Crippen molar-refractivity contribution in [3.05, 3.63) is 71.8 Å². The van der Waals surface area contributed by atoms with Crippen LogP contribution < -0.4 is 0 Å². The van der Waals surface area contributed by atoms with Gasteiger partial charge in [-0.15, -0.1) is 0 Å². The predicted octanol–water partition coefficient (Wildman–Crippen LogP) is 3.01. The minimum atomic E-state index is -0.911. The van der Waals surface area contributed by atoms with E-state index in [4.69, 9.17) is 9.47 Å². The van der Waals surface area contributed by atoms with Crippen LogP contribution in [-0.2, 0) is 26.3 Å². The van der Waals surface area contributed by atoms with Gasteiger partial charge in [0.05, 0.1) is 19.8 Å². The molecule has 3 rings (SSSR count). The number of hydrogen-bond donors (Lipinski definition) is 1. The maximum Gasteiger partial charge on any atom is 0.332 e. The van der Waals surface area contributed by atoms with E-state index < -0.39 is 17.5 Å². The summed E-state index contributed by atoms with van der Waals surface area (Å²) in [5.41, 5.74) is 1.76. The van der Waals surface area contributed by atoms with E-state index in [1.54, 1.807) is 0 Å². The van der Waals surface area contributed by atoms with Crippen molar-refractivity contribution in [1.82, 2.24) is 0 Å². The predicted molar refractivity (Wildman–Crippen MR) is 86.2 cm³/mol. The highest BCUT2D eigenvalue weighted by Gasteiger charge is 2.44. The van der Waals surface area contributed by atoms with Crippen LogP contribution in [0.25, 0.3) is 0 Å². The standard InChI is InChI=1S/C19H20O4/c20-18(21)17-11-19(14-23-17,16-9-5-2-6-10-16)13-22-12-15-7-3-1-4-8-15/h1-10,17H,11-14H2,(H,20,21). The van der Waals surface area contributed by atoms with Crippen molar-refractivity contribution in [2.75, 3.05) is 13.2 Å².